The van der Waals surface area contributed by atoms with Gasteiger partial charge in [0.1, 0.15) is 0 Å². The van der Waals surface area contributed by atoms with E-state index in [0.717, 1.165) is 12.3 Å². The highest BCUT2D eigenvalue weighted by atomic mass is 16.5. The maximum absolute atomic E-state index is 10.9. The van der Waals surface area contributed by atoms with Crippen LogP contribution in [0.4, 0.5) is 0 Å². The maximum Gasteiger partial charge on any atom is 0.334 e. The molecule has 2 atom stereocenters. The molecule has 0 saturated heterocycles. The molecule has 0 radical (unpaired) electrons. The van der Waals surface area contributed by atoms with Gasteiger partial charge in [0.2, 0.25) is 0 Å². The van der Waals surface area contributed by atoms with Gasteiger partial charge >= 0.3 is 5.97 Å². The Balaban J connectivity index is 2.28. The molecule has 1 fully saturated rings. The summed E-state index contributed by atoms with van der Waals surface area (Å²) in [4.78, 5) is 10.9. The largest absolute Gasteiger partial charge is 0.467 e. The van der Waals surface area contributed by atoms with Gasteiger partial charge in [-0.05, 0) is 18.3 Å². The van der Waals surface area contributed by atoms with Gasteiger partial charge in [0.05, 0.1) is 7.11 Å². The molecular weight excluding hydrogens is 156 g/mol. The van der Waals surface area contributed by atoms with E-state index in [-0.39, 0.29) is 5.92 Å². The summed E-state index contributed by atoms with van der Waals surface area (Å²) in [6, 6.07) is 0. The highest BCUT2D eigenvalue weighted by Crippen LogP contribution is 2.36. The van der Waals surface area contributed by atoms with E-state index in [2.05, 4.69) is 4.74 Å². The molecule has 3 heteroatoms. The van der Waals surface area contributed by atoms with Crippen molar-refractivity contribution >= 4 is 5.97 Å². The second kappa shape index (κ2) is 3.90. The summed E-state index contributed by atoms with van der Waals surface area (Å²) in [5.74, 6) is 0.257. The van der Waals surface area contributed by atoms with Crippen molar-refractivity contribution in [3.63, 3.8) is 0 Å². The number of methoxy groups -OCH3 is 1. The lowest BCUT2D eigenvalue weighted by Crippen LogP contribution is -2.29. The van der Waals surface area contributed by atoms with Crippen LogP contribution in [0.1, 0.15) is 26.2 Å². The van der Waals surface area contributed by atoms with Crippen molar-refractivity contribution in [1.82, 2.24) is 0 Å². The van der Waals surface area contributed by atoms with E-state index in [1.54, 1.807) is 0 Å². The van der Waals surface area contributed by atoms with E-state index >= 15 is 0 Å². The van der Waals surface area contributed by atoms with Crippen LogP contribution < -0.4 is 0 Å². The van der Waals surface area contributed by atoms with Gasteiger partial charge in [-0.3, -0.25) is 0 Å². The topological polar surface area (TPSA) is 46.5 Å². The van der Waals surface area contributed by atoms with Crippen molar-refractivity contribution < 1.29 is 14.6 Å². The molecule has 1 rings (SSSR count). The van der Waals surface area contributed by atoms with Crippen LogP contribution in [0.15, 0.2) is 0 Å². The zero-order valence-corrected chi connectivity index (χ0v) is 7.62. The average Bonchev–Trinajstić information content (AvgIpc) is 2.85. The SMILES string of the molecule is COC(=O)C(O)C(C)CC1CC1. The summed E-state index contributed by atoms with van der Waals surface area (Å²) in [5, 5.41) is 9.39. The lowest BCUT2D eigenvalue weighted by Gasteiger charge is -2.15. The zero-order chi connectivity index (χ0) is 9.14. The molecule has 0 aromatic heterocycles. The van der Waals surface area contributed by atoms with E-state index in [4.69, 9.17) is 0 Å². The van der Waals surface area contributed by atoms with Crippen molar-refractivity contribution in [2.75, 3.05) is 7.11 Å². The minimum absolute atomic E-state index is 0.0324. The van der Waals surface area contributed by atoms with Gasteiger partial charge in [-0.25, -0.2) is 4.79 Å². The molecule has 1 N–H and O–H groups in total. The minimum atomic E-state index is -0.935. The van der Waals surface area contributed by atoms with E-state index in [1.165, 1.54) is 20.0 Å². The summed E-state index contributed by atoms with van der Waals surface area (Å²) < 4.78 is 4.45. The standard InChI is InChI=1S/C9H16O3/c1-6(5-7-3-4-7)8(10)9(11)12-2/h6-8,10H,3-5H2,1-2H3. The first-order chi connectivity index (χ1) is 5.65. The molecule has 0 amide bonds. The van der Waals surface area contributed by atoms with Gasteiger partial charge in [0, 0.05) is 0 Å². The summed E-state index contributed by atoms with van der Waals surface area (Å²) in [6.45, 7) is 1.89. The van der Waals surface area contributed by atoms with Crippen LogP contribution in [0.25, 0.3) is 0 Å². The molecular formula is C9H16O3. The van der Waals surface area contributed by atoms with Crippen LogP contribution in [-0.2, 0) is 9.53 Å². The second-order valence-corrected chi connectivity index (χ2v) is 3.62. The van der Waals surface area contributed by atoms with E-state index < -0.39 is 12.1 Å². The van der Waals surface area contributed by atoms with Crippen LogP contribution in [0.3, 0.4) is 0 Å². The quantitative estimate of drug-likeness (QED) is 0.642. The summed E-state index contributed by atoms with van der Waals surface area (Å²) in [6.07, 6.45) is 2.50. The Morgan fingerprint density at radius 1 is 1.67 bits per heavy atom. The van der Waals surface area contributed by atoms with Gasteiger partial charge in [-0.15, -0.1) is 0 Å². The molecule has 1 aliphatic carbocycles. The number of hydrogen-bond acceptors (Lipinski definition) is 3. The Hall–Kier alpha value is -0.570. The van der Waals surface area contributed by atoms with Gasteiger partial charge in [-0.2, -0.15) is 0 Å². The number of aliphatic hydroxyl groups is 1. The third-order valence-corrected chi connectivity index (χ3v) is 2.38. The monoisotopic (exact) mass is 172 g/mol. The number of carbonyl (C=O) groups excluding carboxylic acids is 1. The third kappa shape index (κ3) is 2.48. The number of aliphatic hydroxyl groups excluding tert-OH is 1. The third-order valence-electron chi connectivity index (χ3n) is 2.38. The van der Waals surface area contributed by atoms with Crippen molar-refractivity contribution in [3.05, 3.63) is 0 Å². The summed E-state index contributed by atoms with van der Waals surface area (Å²) >= 11 is 0. The number of ether oxygens (including phenoxy) is 1. The molecule has 3 nitrogen and oxygen atoms in total. The average molecular weight is 172 g/mol. The fraction of sp³-hybridized carbons (Fsp3) is 0.889. The summed E-state index contributed by atoms with van der Waals surface area (Å²) in [5.41, 5.74) is 0. The Morgan fingerprint density at radius 3 is 2.67 bits per heavy atom. The van der Waals surface area contributed by atoms with Crippen molar-refractivity contribution in [2.24, 2.45) is 11.8 Å². The fourth-order valence-electron chi connectivity index (χ4n) is 1.36. The first-order valence-corrected chi connectivity index (χ1v) is 4.41. The summed E-state index contributed by atoms with van der Waals surface area (Å²) in [7, 11) is 1.30. The van der Waals surface area contributed by atoms with E-state index in [9.17, 15) is 9.90 Å². The first kappa shape index (κ1) is 9.52. The first-order valence-electron chi connectivity index (χ1n) is 4.41. The number of esters is 1. The molecule has 70 valence electrons. The van der Waals surface area contributed by atoms with Gasteiger partial charge in [-0.1, -0.05) is 19.8 Å². The van der Waals surface area contributed by atoms with Gasteiger partial charge < -0.3 is 9.84 Å². The Kier molecular flexibility index (Phi) is 3.09. The maximum atomic E-state index is 10.9. The Labute approximate surface area is 72.7 Å². The predicted octanol–water partition coefficient (Wildman–Crippen LogP) is 0.956. The molecule has 0 spiro atoms. The van der Waals surface area contributed by atoms with Gasteiger partial charge in [0.15, 0.2) is 6.10 Å². The molecule has 0 aliphatic heterocycles. The van der Waals surface area contributed by atoms with Gasteiger partial charge in [0.25, 0.3) is 0 Å². The fourth-order valence-corrected chi connectivity index (χ4v) is 1.36. The lowest BCUT2D eigenvalue weighted by molar-refractivity contribution is -0.153. The minimum Gasteiger partial charge on any atom is -0.467 e. The van der Waals surface area contributed by atoms with Crippen molar-refractivity contribution in [1.29, 1.82) is 0 Å². The predicted molar refractivity (Wildman–Crippen MR) is 44.5 cm³/mol. The lowest BCUT2D eigenvalue weighted by atomic mass is 9.98. The van der Waals surface area contributed by atoms with Crippen LogP contribution in [0, 0.1) is 11.8 Å². The smallest absolute Gasteiger partial charge is 0.334 e. The van der Waals surface area contributed by atoms with Crippen LogP contribution in [-0.4, -0.2) is 24.3 Å². The van der Waals surface area contributed by atoms with Crippen molar-refractivity contribution in [2.45, 2.75) is 32.3 Å². The molecule has 2 unspecified atom stereocenters. The van der Waals surface area contributed by atoms with E-state index in [0.29, 0.717) is 0 Å². The molecule has 0 bridgehead atoms. The number of carbonyl (C=O) groups is 1. The highest BCUT2D eigenvalue weighted by molar-refractivity contribution is 5.74. The molecule has 0 aromatic carbocycles. The Bertz CT molecular complexity index is 163. The molecule has 12 heavy (non-hydrogen) atoms. The van der Waals surface area contributed by atoms with Crippen LogP contribution in [0.5, 0.6) is 0 Å². The zero-order valence-electron chi connectivity index (χ0n) is 7.62. The molecule has 0 heterocycles. The Morgan fingerprint density at radius 2 is 2.25 bits per heavy atom. The van der Waals surface area contributed by atoms with Crippen LogP contribution in [0.2, 0.25) is 0 Å². The number of hydrogen-bond donors (Lipinski definition) is 1. The molecule has 1 aliphatic rings. The number of rotatable bonds is 4. The van der Waals surface area contributed by atoms with E-state index in [1.807, 2.05) is 6.92 Å². The second-order valence-electron chi connectivity index (χ2n) is 3.62. The highest BCUT2D eigenvalue weighted by Gasteiger charge is 2.30. The normalized spacial score (nSPS) is 21.6. The molecule has 0 aromatic rings. The van der Waals surface area contributed by atoms with Crippen LogP contribution >= 0.6 is 0 Å². The molecule has 1 saturated carbocycles. The van der Waals surface area contributed by atoms with Crippen molar-refractivity contribution in [3.8, 4) is 0 Å².